The number of piperazine rings is 1. The molecule has 0 bridgehead atoms. The van der Waals surface area contributed by atoms with Crippen molar-refractivity contribution in [1.29, 1.82) is 0 Å². The molecule has 10 nitrogen and oxygen atoms in total. The van der Waals surface area contributed by atoms with Gasteiger partial charge in [0.1, 0.15) is 0 Å². The standard InChI is InChI=1S/C24H34N10S2/c1-31(2)21-9-5-19(6-10-21)17-25-27-23(35)29-33-13-15-34(16-14-33)30-24(36)28-26-18-20-7-11-22(12-8-20)32(3)4/h5-12,17-18H,13-16H2,1-4H3,(H2,27,29,35)(H2,28,30,36)/b25-17-,26-18?. The fourth-order valence-corrected chi connectivity index (χ4v) is 3.68. The number of hydrazone groups is 2. The third kappa shape index (κ3) is 9.04. The quantitative estimate of drug-likeness (QED) is 0.231. The number of hydrogen-bond acceptors (Lipinski definition) is 8. The molecule has 192 valence electrons. The lowest BCUT2D eigenvalue weighted by Gasteiger charge is -2.35. The Labute approximate surface area is 223 Å². The largest absolute Gasteiger partial charge is 0.378 e. The maximum atomic E-state index is 5.35. The van der Waals surface area contributed by atoms with Crippen molar-refractivity contribution in [2.45, 2.75) is 0 Å². The summed E-state index contributed by atoms with van der Waals surface area (Å²) in [5, 5.41) is 13.4. The minimum atomic E-state index is 0.447. The van der Waals surface area contributed by atoms with Gasteiger partial charge in [0.05, 0.1) is 12.4 Å². The molecule has 0 spiro atoms. The van der Waals surface area contributed by atoms with Crippen molar-refractivity contribution in [2.75, 3.05) is 64.2 Å². The van der Waals surface area contributed by atoms with Crippen molar-refractivity contribution >= 4 is 58.5 Å². The van der Waals surface area contributed by atoms with Crippen LogP contribution in [0.4, 0.5) is 11.4 Å². The van der Waals surface area contributed by atoms with E-state index in [0.717, 1.165) is 48.7 Å². The molecule has 1 fully saturated rings. The molecule has 0 saturated carbocycles. The highest BCUT2D eigenvalue weighted by Gasteiger charge is 2.17. The number of hydrazine groups is 2. The summed E-state index contributed by atoms with van der Waals surface area (Å²) in [5.41, 5.74) is 16.3. The Balaban J connectivity index is 1.32. The molecule has 1 aliphatic rings. The molecule has 2 aromatic rings. The average Bonchev–Trinajstić information content (AvgIpc) is 2.86. The van der Waals surface area contributed by atoms with E-state index in [0.29, 0.717) is 10.2 Å². The Hall–Kier alpha value is -3.32. The average molecular weight is 527 g/mol. The summed E-state index contributed by atoms with van der Waals surface area (Å²) in [6.45, 7) is 3.03. The number of benzene rings is 2. The number of nitrogens with one attached hydrogen (secondary N) is 4. The SMILES string of the molecule is CN(C)c1ccc(C=NNC(=S)NN2CCN(NC(=S)N/N=C\c3ccc(N(C)C)cc3)CC2)cc1. The van der Waals surface area contributed by atoms with Gasteiger partial charge in [-0.3, -0.25) is 21.7 Å². The van der Waals surface area contributed by atoms with Crippen molar-refractivity contribution in [2.24, 2.45) is 10.2 Å². The summed E-state index contributed by atoms with van der Waals surface area (Å²) in [4.78, 5) is 4.11. The lowest BCUT2D eigenvalue weighted by Crippen LogP contribution is -2.59. The molecule has 12 heteroatoms. The lowest BCUT2D eigenvalue weighted by molar-refractivity contribution is 0.0936. The van der Waals surface area contributed by atoms with Crippen LogP contribution in [0.15, 0.2) is 58.7 Å². The second-order valence-corrected chi connectivity index (χ2v) is 9.38. The molecule has 0 amide bonds. The summed E-state index contributed by atoms with van der Waals surface area (Å²) in [6, 6.07) is 16.2. The van der Waals surface area contributed by atoms with Gasteiger partial charge in [-0.15, -0.1) is 0 Å². The van der Waals surface area contributed by atoms with Gasteiger partial charge in [-0.25, -0.2) is 10.0 Å². The molecular weight excluding hydrogens is 492 g/mol. The molecule has 2 aromatic carbocycles. The van der Waals surface area contributed by atoms with Gasteiger partial charge in [0.15, 0.2) is 0 Å². The van der Waals surface area contributed by atoms with Crippen LogP contribution in [0.2, 0.25) is 0 Å². The summed E-state index contributed by atoms with van der Waals surface area (Å²) < 4.78 is 0. The van der Waals surface area contributed by atoms with E-state index in [4.69, 9.17) is 24.4 Å². The van der Waals surface area contributed by atoms with Crippen LogP contribution in [0.25, 0.3) is 0 Å². The van der Waals surface area contributed by atoms with Gasteiger partial charge >= 0.3 is 0 Å². The van der Waals surface area contributed by atoms with Crippen LogP contribution in [0, 0.1) is 0 Å². The van der Waals surface area contributed by atoms with Crippen LogP contribution in [0.3, 0.4) is 0 Å². The maximum absolute atomic E-state index is 5.35. The summed E-state index contributed by atoms with van der Waals surface area (Å²) in [6.07, 6.45) is 3.48. The van der Waals surface area contributed by atoms with Gasteiger partial charge in [-0.05, 0) is 59.8 Å². The van der Waals surface area contributed by atoms with Gasteiger partial charge in [-0.1, -0.05) is 24.3 Å². The van der Waals surface area contributed by atoms with Gasteiger partial charge in [0.2, 0.25) is 10.2 Å². The van der Waals surface area contributed by atoms with Crippen molar-refractivity contribution in [3.05, 3.63) is 59.7 Å². The molecule has 0 radical (unpaired) electrons. The van der Waals surface area contributed by atoms with Crippen molar-refractivity contribution in [3.8, 4) is 0 Å². The lowest BCUT2D eigenvalue weighted by atomic mass is 10.2. The number of thiocarbonyl (C=S) groups is 2. The van der Waals surface area contributed by atoms with Gasteiger partial charge < -0.3 is 9.80 Å². The van der Waals surface area contributed by atoms with Gasteiger partial charge in [0.25, 0.3) is 0 Å². The number of anilines is 2. The van der Waals surface area contributed by atoms with Crippen LogP contribution in [-0.2, 0) is 0 Å². The Morgan fingerprint density at radius 2 is 1.00 bits per heavy atom. The molecule has 0 aromatic heterocycles. The van der Waals surface area contributed by atoms with E-state index in [1.54, 1.807) is 12.4 Å². The first-order valence-corrected chi connectivity index (χ1v) is 12.4. The first-order valence-electron chi connectivity index (χ1n) is 11.5. The number of nitrogens with zero attached hydrogens (tertiary/aromatic N) is 6. The van der Waals surface area contributed by atoms with Crippen LogP contribution >= 0.6 is 24.4 Å². The molecule has 36 heavy (non-hydrogen) atoms. The monoisotopic (exact) mass is 526 g/mol. The minimum absolute atomic E-state index is 0.447. The first-order chi connectivity index (χ1) is 17.3. The zero-order valence-corrected chi connectivity index (χ0v) is 22.7. The van der Waals surface area contributed by atoms with E-state index < -0.39 is 0 Å². The molecule has 0 aliphatic carbocycles. The minimum Gasteiger partial charge on any atom is -0.378 e. The topological polar surface area (TPSA) is 85.8 Å². The number of rotatable bonds is 8. The molecule has 1 aliphatic heterocycles. The molecule has 1 saturated heterocycles. The van der Waals surface area contributed by atoms with Crippen LogP contribution in [0.5, 0.6) is 0 Å². The van der Waals surface area contributed by atoms with E-state index in [2.05, 4.69) is 41.7 Å². The Morgan fingerprint density at radius 1 is 0.667 bits per heavy atom. The first kappa shape index (κ1) is 27.3. The zero-order chi connectivity index (χ0) is 25.9. The fourth-order valence-electron chi connectivity index (χ4n) is 3.32. The Kier molecular flexibility index (Phi) is 10.4. The normalized spacial score (nSPS) is 14.6. The zero-order valence-electron chi connectivity index (χ0n) is 21.1. The summed E-state index contributed by atoms with van der Waals surface area (Å²) in [7, 11) is 8.05. The summed E-state index contributed by atoms with van der Waals surface area (Å²) >= 11 is 10.7. The van der Waals surface area contributed by atoms with E-state index in [1.807, 2.05) is 86.7 Å². The van der Waals surface area contributed by atoms with Crippen LogP contribution in [-0.4, -0.2) is 87.0 Å². The van der Waals surface area contributed by atoms with E-state index in [1.165, 1.54) is 0 Å². The van der Waals surface area contributed by atoms with Crippen LogP contribution < -0.4 is 31.5 Å². The van der Waals surface area contributed by atoms with Crippen molar-refractivity contribution in [1.82, 2.24) is 31.7 Å². The molecule has 1 heterocycles. The molecule has 0 unspecified atom stereocenters. The van der Waals surface area contributed by atoms with Gasteiger partial charge in [-0.2, -0.15) is 10.2 Å². The fraction of sp³-hybridized carbons (Fsp3) is 0.333. The van der Waals surface area contributed by atoms with E-state index in [-0.39, 0.29) is 0 Å². The van der Waals surface area contributed by atoms with Crippen molar-refractivity contribution in [3.63, 3.8) is 0 Å². The van der Waals surface area contributed by atoms with Crippen molar-refractivity contribution < 1.29 is 0 Å². The number of hydrogen-bond donors (Lipinski definition) is 4. The second-order valence-electron chi connectivity index (χ2n) is 8.57. The predicted octanol–water partition coefficient (Wildman–Crippen LogP) is 1.56. The molecular formula is C24H34N10S2. The maximum Gasteiger partial charge on any atom is 0.201 e. The smallest absolute Gasteiger partial charge is 0.201 e. The highest BCUT2D eigenvalue weighted by atomic mass is 32.1. The highest BCUT2D eigenvalue weighted by Crippen LogP contribution is 2.11. The predicted molar refractivity (Wildman–Crippen MR) is 158 cm³/mol. The van der Waals surface area contributed by atoms with E-state index in [9.17, 15) is 0 Å². The van der Waals surface area contributed by atoms with Crippen LogP contribution in [0.1, 0.15) is 11.1 Å². The highest BCUT2D eigenvalue weighted by molar-refractivity contribution is 7.80. The van der Waals surface area contributed by atoms with E-state index >= 15 is 0 Å². The molecule has 3 rings (SSSR count). The Morgan fingerprint density at radius 3 is 1.31 bits per heavy atom. The third-order valence-electron chi connectivity index (χ3n) is 5.38. The second kappa shape index (κ2) is 13.7. The summed E-state index contributed by atoms with van der Waals surface area (Å²) in [5.74, 6) is 0. The molecule has 0 atom stereocenters. The molecule has 4 N–H and O–H groups in total. The van der Waals surface area contributed by atoms with Gasteiger partial charge in [0, 0.05) is 65.7 Å². The Bertz CT molecular complexity index is 958. The third-order valence-corrected chi connectivity index (χ3v) is 5.74.